The summed E-state index contributed by atoms with van der Waals surface area (Å²) in [5.41, 5.74) is 4.76. The molecule has 0 saturated carbocycles. The molecule has 3 rings (SSSR count). The fraction of sp³-hybridized carbons (Fsp3) is 0.360. The first-order chi connectivity index (χ1) is 15.1. The van der Waals surface area contributed by atoms with Gasteiger partial charge in [-0.3, -0.25) is 4.99 Å². The molecule has 0 radical (unpaired) electrons. The van der Waals surface area contributed by atoms with Gasteiger partial charge in [-0.1, -0.05) is 43.3 Å². The van der Waals surface area contributed by atoms with Crippen LogP contribution in [0.3, 0.4) is 0 Å². The molecule has 6 nitrogen and oxygen atoms in total. The quantitative estimate of drug-likeness (QED) is 0.401. The number of imidazole rings is 1. The Labute approximate surface area is 185 Å². The number of aromatic nitrogens is 2. The number of hydrogen-bond acceptors (Lipinski definition) is 3. The van der Waals surface area contributed by atoms with E-state index in [1.165, 1.54) is 16.7 Å². The second-order valence-corrected chi connectivity index (χ2v) is 7.78. The fourth-order valence-electron chi connectivity index (χ4n) is 3.23. The van der Waals surface area contributed by atoms with E-state index in [2.05, 4.69) is 88.4 Å². The highest BCUT2D eigenvalue weighted by Crippen LogP contribution is 2.22. The first kappa shape index (κ1) is 22.4. The van der Waals surface area contributed by atoms with Gasteiger partial charge in [-0.2, -0.15) is 0 Å². The second-order valence-electron chi connectivity index (χ2n) is 7.78. The summed E-state index contributed by atoms with van der Waals surface area (Å²) in [4.78, 5) is 8.47. The Bertz CT molecular complexity index is 981. The van der Waals surface area contributed by atoms with E-state index in [1.807, 2.05) is 12.5 Å². The van der Waals surface area contributed by atoms with E-state index in [4.69, 9.17) is 4.74 Å². The van der Waals surface area contributed by atoms with E-state index >= 15 is 0 Å². The molecule has 0 spiro atoms. The van der Waals surface area contributed by atoms with Gasteiger partial charge < -0.3 is 19.9 Å². The minimum atomic E-state index is 0.188. The molecule has 0 aliphatic rings. The maximum absolute atomic E-state index is 6.12. The van der Waals surface area contributed by atoms with E-state index in [0.717, 1.165) is 30.2 Å². The molecule has 0 aliphatic carbocycles. The molecular formula is C25H33N5O. The van der Waals surface area contributed by atoms with E-state index in [1.54, 1.807) is 13.2 Å². The summed E-state index contributed by atoms with van der Waals surface area (Å²) in [6, 6.07) is 14.9. The summed E-state index contributed by atoms with van der Waals surface area (Å²) in [5.74, 6) is 1.69. The van der Waals surface area contributed by atoms with Gasteiger partial charge in [-0.15, -0.1) is 0 Å². The van der Waals surface area contributed by atoms with Crippen molar-refractivity contribution in [2.45, 2.75) is 52.9 Å². The number of aryl methyl sites for hydroxylation is 1. The lowest BCUT2D eigenvalue weighted by molar-refractivity contribution is 0.215. The molecule has 31 heavy (non-hydrogen) atoms. The van der Waals surface area contributed by atoms with E-state index in [0.29, 0.717) is 13.1 Å². The van der Waals surface area contributed by atoms with E-state index in [9.17, 15) is 0 Å². The normalized spacial score (nSPS) is 12.5. The van der Waals surface area contributed by atoms with Crippen molar-refractivity contribution in [2.24, 2.45) is 4.99 Å². The van der Waals surface area contributed by atoms with Crippen molar-refractivity contribution in [3.63, 3.8) is 0 Å². The van der Waals surface area contributed by atoms with Crippen LogP contribution in [0, 0.1) is 6.92 Å². The highest BCUT2D eigenvalue weighted by atomic mass is 16.5. The number of nitrogens with one attached hydrogen (secondary N) is 2. The topological polar surface area (TPSA) is 63.5 Å². The Balaban J connectivity index is 1.57. The summed E-state index contributed by atoms with van der Waals surface area (Å²) in [7, 11) is 1.79. The minimum Gasteiger partial charge on any atom is -0.490 e. The zero-order valence-corrected chi connectivity index (χ0v) is 18.9. The predicted octanol–water partition coefficient (Wildman–Crippen LogP) is 4.28. The maximum atomic E-state index is 6.12. The number of ether oxygens (including phenoxy) is 1. The van der Waals surface area contributed by atoms with Crippen LogP contribution in [0.2, 0.25) is 0 Å². The third-order valence-electron chi connectivity index (χ3n) is 5.17. The zero-order valence-electron chi connectivity index (χ0n) is 18.9. The van der Waals surface area contributed by atoms with Gasteiger partial charge in [0.1, 0.15) is 5.75 Å². The summed E-state index contributed by atoms with van der Waals surface area (Å²) in [6.07, 6.45) is 6.77. The molecule has 1 heterocycles. The Kier molecular flexibility index (Phi) is 8.10. The molecule has 2 N–H and O–H groups in total. The van der Waals surface area contributed by atoms with Crippen molar-refractivity contribution >= 4 is 5.96 Å². The lowest BCUT2D eigenvalue weighted by Gasteiger charge is -2.18. The van der Waals surface area contributed by atoms with Crippen molar-refractivity contribution in [1.29, 1.82) is 0 Å². The van der Waals surface area contributed by atoms with Crippen LogP contribution in [0.25, 0.3) is 0 Å². The zero-order chi connectivity index (χ0) is 22.1. The standard InChI is InChI=1S/C25H33N5O/c1-5-20(3)31-24-13-19(2)9-10-23(24)16-29-25(26-4)28-15-21-7-6-8-22(14-21)17-30-12-11-27-18-30/h6-14,18,20H,5,15-17H2,1-4H3,(H2,26,28,29). The Morgan fingerprint density at radius 2 is 1.94 bits per heavy atom. The molecule has 0 fully saturated rings. The van der Waals surface area contributed by atoms with Gasteiger partial charge in [0.15, 0.2) is 5.96 Å². The molecule has 0 aliphatic heterocycles. The number of nitrogens with zero attached hydrogens (tertiary/aromatic N) is 3. The van der Waals surface area contributed by atoms with Gasteiger partial charge in [0.05, 0.1) is 12.4 Å². The molecule has 0 bridgehead atoms. The largest absolute Gasteiger partial charge is 0.490 e. The van der Waals surface area contributed by atoms with Crippen LogP contribution >= 0.6 is 0 Å². The van der Waals surface area contributed by atoms with Gasteiger partial charge in [-0.05, 0) is 43.0 Å². The predicted molar refractivity (Wildman–Crippen MR) is 126 cm³/mol. The highest BCUT2D eigenvalue weighted by molar-refractivity contribution is 5.79. The van der Waals surface area contributed by atoms with Gasteiger partial charge >= 0.3 is 0 Å². The average Bonchev–Trinajstić information content (AvgIpc) is 3.28. The molecule has 2 aromatic carbocycles. The number of hydrogen-bond donors (Lipinski definition) is 2. The number of aliphatic imine (C=N–C) groups is 1. The monoisotopic (exact) mass is 419 g/mol. The van der Waals surface area contributed by atoms with Gasteiger partial charge in [0, 0.05) is 44.6 Å². The third-order valence-corrected chi connectivity index (χ3v) is 5.17. The van der Waals surface area contributed by atoms with Crippen molar-refractivity contribution in [2.75, 3.05) is 7.05 Å². The molecule has 164 valence electrons. The van der Waals surface area contributed by atoms with Crippen LogP contribution in [-0.2, 0) is 19.6 Å². The SMILES string of the molecule is CCC(C)Oc1cc(C)ccc1CNC(=NC)NCc1cccc(Cn2ccnc2)c1. The second kappa shape index (κ2) is 11.2. The van der Waals surface area contributed by atoms with Crippen LogP contribution in [0.4, 0.5) is 0 Å². The molecule has 0 amide bonds. The smallest absolute Gasteiger partial charge is 0.191 e. The first-order valence-corrected chi connectivity index (χ1v) is 10.8. The fourth-order valence-corrected chi connectivity index (χ4v) is 3.23. The van der Waals surface area contributed by atoms with Crippen molar-refractivity contribution in [1.82, 2.24) is 20.2 Å². The van der Waals surface area contributed by atoms with E-state index < -0.39 is 0 Å². The lowest BCUT2D eigenvalue weighted by atomic mass is 10.1. The summed E-state index contributed by atoms with van der Waals surface area (Å²) < 4.78 is 8.18. The molecule has 0 saturated heterocycles. The van der Waals surface area contributed by atoms with Crippen LogP contribution < -0.4 is 15.4 Å². The van der Waals surface area contributed by atoms with Gasteiger partial charge in [-0.25, -0.2) is 4.98 Å². The molecule has 1 unspecified atom stereocenters. The summed E-state index contributed by atoms with van der Waals surface area (Å²) >= 11 is 0. The van der Waals surface area contributed by atoms with Crippen molar-refractivity contribution in [3.05, 3.63) is 83.4 Å². The van der Waals surface area contributed by atoms with Gasteiger partial charge in [0.2, 0.25) is 0 Å². The third kappa shape index (κ3) is 6.88. The van der Waals surface area contributed by atoms with Gasteiger partial charge in [0.25, 0.3) is 0 Å². The number of guanidine groups is 1. The molecule has 3 aromatic rings. The molecular weight excluding hydrogens is 386 g/mol. The first-order valence-electron chi connectivity index (χ1n) is 10.8. The van der Waals surface area contributed by atoms with Crippen LogP contribution in [0.1, 0.15) is 42.5 Å². The van der Waals surface area contributed by atoms with Crippen LogP contribution in [0.15, 0.2) is 66.2 Å². The van der Waals surface area contributed by atoms with Crippen LogP contribution in [0.5, 0.6) is 5.75 Å². The lowest BCUT2D eigenvalue weighted by Crippen LogP contribution is -2.36. The summed E-state index contributed by atoms with van der Waals surface area (Å²) in [6.45, 7) is 8.47. The molecule has 1 aromatic heterocycles. The molecule has 6 heteroatoms. The Morgan fingerprint density at radius 1 is 1.13 bits per heavy atom. The Hall–Kier alpha value is -3.28. The minimum absolute atomic E-state index is 0.188. The Morgan fingerprint density at radius 3 is 2.68 bits per heavy atom. The molecule has 1 atom stereocenters. The average molecular weight is 420 g/mol. The highest BCUT2D eigenvalue weighted by Gasteiger charge is 2.09. The number of benzene rings is 2. The summed E-state index contributed by atoms with van der Waals surface area (Å²) in [5, 5.41) is 6.81. The van der Waals surface area contributed by atoms with Crippen molar-refractivity contribution < 1.29 is 4.74 Å². The van der Waals surface area contributed by atoms with E-state index in [-0.39, 0.29) is 6.10 Å². The van der Waals surface area contributed by atoms with Crippen LogP contribution in [-0.4, -0.2) is 28.7 Å². The number of rotatable bonds is 9. The van der Waals surface area contributed by atoms with Crippen molar-refractivity contribution in [3.8, 4) is 5.75 Å². The maximum Gasteiger partial charge on any atom is 0.191 e.